The van der Waals surface area contributed by atoms with E-state index < -0.39 is 0 Å². The van der Waals surface area contributed by atoms with Gasteiger partial charge in [0.15, 0.2) is 0 Å². The van der Waals surface area contributed by atoms with Crippen LogP contribution in [0.4, 0.5) is 0 Å². The van der Waals surface area contributed by atoms with Crippen LogP contribution in [0.3, 0.4) is 0 Å². The zero-order valence-corrected chi connectivity index (χ0v) is 15.8. The molecule has 1 unspecified atom stereocenters. The lowest BCUT2D eigenvalue weighted by atomic mass is 9.85. The second-order valence-electron chi connectivity index (χ2n) is 7.68. The third kappa shape index (κ3) is 3.87. The highest BCUT2D eigenvalue weighted by Crippen LogP contribution is 2.40. The van der Waals surface area contributed by atoms with E-state index in [1.165, 1.54) is 49.0 Å². The molecule has 0 saturated heterocycles. The van der Waals surface area contributed by atoms with Gasteiger partial charge in [0, 0.05) is 22.1 Å². The van der Waals surface area contributed by atoms with Crippen molar-refractivity contribution in [1.82, 2.24) is 4.98 Å². The molecule has 2 aliphatic rings. The average Bonchev–Trinajstić information content (AvgIpc) is 3.35. The Labute approximate surface area is 154 Å². The van der Waals surface area contributed by atoms with Gasteiger partial charge in [0.2, 0.25) is 0 Å². The molecule has 1 aromatic heterocycles. The molecule has 2 aliphatic carbocycles. The van der Waals surface area contributed by atoms with Crippen molar-refractivity contribution in [2.24, 2.45) is 5.92 Å². The van der Waals surface area contributed by atoms with Crippen molar-refractivity contribution in [2.75, 3.05) is 6.26 Å². The Morgan fingerprint density at radius 3 is 2.36 bits per heavy atom. The number of aromatic amines is 1. The van der Waals surface area contributed by atoms with Gasteiger partial charge in [0.25, 0.3) is 5.56 Å². The van der Waals surface area contributed by atoms with Gasteiger partial charge in [-0.15, -0.1) is 11.8 Å². The quantitative estimate of drug-likeness (QED) is 0.677. The summed E-state index contributed by atoms with van der Waals surface area (Å²) >= 11 is 1.77. The van der Waals surface area contributed by atoms with E-state index in [2.05, 4.69) is 47.6 Å². The van der Waals surface area contributed by atoms with Crippen LogP contribution in [-0.4, -0.2) is 11.2 Å². The van der Waals surface area contributed by atoms with Gasteiger partial charge in [0.1, 0.15) is 0 Å². The van der Waals surface area contributed by atoms with Crippen LogP contribution >= 0.6 is 11.8 Å². The van der Waals surface area contributed by atoms with Crippen molar-refractivity contribution >= 4 is 11.8 Å². The van der Waals surface area contributed by atoms with Crippen molar-refractivity contribution < 1.29 is 0 Å². The summed E-state index contributed by atoms with van der Waals surface area (Å²) in [6.07, 6.45) is 11.0. The van der Waals surface area contributed by atoms with Crippen molar-refractivity contribution in [2.45, 2.75) is 61.7 Å². The predicted molar refractivity (Wildman–Crippen MR) is 106 cm³/mol. The number of benzene rings is 1. The van der Waals surface area contributed by atoms with E-state index in [4.69, 9.17) is 0 Å². The molecule has 132 valence electrons. The Balaban J connectivity index is 1.65. The highest BCUT2D eigenvalue weighted by molar-refractivity contribution is 7.98. The second-order valence-corrected chi connectivity index (χ2v) is 8.56. The van der Waals surface area contributed by atoms with Gasteiger partial charge in [-0.05, 0) is 61.1 Å². The number of nitrogens with one attached hydrogen (secondary N) is 1. The molecule has 1 N–H and O–H groups in total. The number of H-pyrrole nitrogens is 1. The fraction of sp³-hybridized carbons (Fsp3) is 0.500. The summed E-state index contributed by atoms with van der Waals surface area (Å²) in [5.74, 6) is 1.60. The number of aromatic nitrogens is 1. The SMILES string of the molecule is CSc1ccc(C(CC2CCCC2)c2ccc(C3CC3)c(=O)[nH]2)cc1. The van der Waals surface area contributed by atoms with Gasteiger partial charge in [-0.25, -0.2) is 0 Å². The molecule has 3 heteroatoms. The van der Waals surface area contributed by atoms with Crippen molar-refractivity contribution in [3.8, 4) is 0 Å². The largest absolute Gasteiger partial charge is 0.325 e. The molecular weight excluding hydrogens is 326 g/mol. The van der Waals surface area contributed by atoms with E-state index in [9.17, 15) is 4.79 Å². The Morgan fingerprint density at radius 2 is 1.76 bits per heavy atom. The molecule has 1 heterocycles. The summed E-state index contributed by atoms with van der Waals surface area (Å²) in [5.41, 5.74) is 3.55. The van der Waals surface area contributed by atoms with Crippen LogP contribution in [0.5, 0.6) is 0 Å². The summed E-state index contributed by atoms with van der Waals surface area (Å²) in [6, 6.07) is 13.2. The Morgan fingerprint density at radius 1 is 1.04 bits per heavy atom. The average molecular weight is 354 g/mol. The summed E-state index contributed by atoms with van der Waals surface area (Å²) in [5, 5.41) is 0. The second kappa shape index (κ2) is 7.41. The standard InChI is InChI=1S/C22H27NOS/c1-25-18-10-8-17(9-11-18)20(14-15-4-2-3-5-15)21-13-12-19(16-6-7-16)22(24)23-21/h8-13,15-16,20H,2-7,14H2,1H3,(H,23,24). The molecule has 2 nitrogen and oxygen atoms in total. The Hall–Kier alpha value is -1.48. The summed E-state index contributed by atoms with van der Waals surface area (Å²) in [6.45, 7) is 0. The van der Waals surface area contributed by atoms with Gasteiger partial charge >= 0.3 is 0 Å². The minimum Gasteiger partial charge on any atom is -0.325 e. The normalized spacial score (nSPS) is 19.2. The van der Waals surface area contributed by atoms with Crippen LogP contribution in [-0.2, 0) is 0 Å². The molecule has 0 radical (unpaired) electrons. The molecule has 2 fully saturated rings. The first kappa shape index (κ1) is 17.0. The van der Waals surface area contributed by atoms with Crippen molar-refractivity contribution in [3.05, 3.63) is 63.6 Å². The molecule has 2 aromatic rings. The number of thioether (sulfide) groups is 1. The smallest absolute Gasteiger partial charge is 0.251 e. The van der Waals surface area contributed by atoms with Crippen molar-refractivity contribution in [3.63, 3.8) is 0 Å². The fourth-order valence-electron chi connectivity index (χ4n) is 4.28. The van der Waals surface area contributed by atoms with Crippen LogP contribution in [0.2, 0.25) is 0 Å². The van der Waals surface area contributed by atoms with Gasteiger partial charge in [-0.1, -0.05) is 43.9 Å². The molecule has 2 saturated carbocycles. The van der Waals surface area contributed by atoms with Gasteiger partial charge in [0.05, 0.1) is 0 Å². The number of rotatable bonds is 6. The fourth-order valence-corrected chi connectivity index (χ4v) is 4.69. The molecule has 4 rings (SSSR count). The first-order valence-corrected chi connectivity index (χ1v) is 10.8. The lowest BCUT2D eigenvalue weighted by Crippen LogP contribution is -2.17. The van der Waals surface area contributed by atoms with Crippen LogP contribution in [0.25, 0.3) is 0 Å². The van der Waals surface area contributed by atoms with Gasteiger partial charge < -0.3 is 4.98 Å². The lowest BCUT2D eigenvalue weighted by Gasteiger charge is -2.22. The van der Waals surface area contributed by atoms with Gasteiger partial charge in [-0.2, -0.15) is 0 Å². The maximum absolute atomic E-state index is 12.5. The van der Waals surface area contributed by atoms with E-state index in [1.807, 2.05) is 0 Å². The maximum atomic E-state index is 12.5. The number of pyridine rings is 1. The van der Waals surface area contributed by atoms with Crippen LogP contribution in [0.1, 0.15) is 73.6 Å². The molecule has 0 spiro atoms. The minimum atomic E-state index is 0.136. The topological polar surface area (TPSA) is 32.9 Å². The third-order valence-corrected chi connectivity index (χ3v) is 6.66. The number of hydrogen-bond donors (Lipinski definition) is 1. The van der Waals surface area contributed by atoms with E-state index in [0.717, 1.165) is 23.6 Å². The zero-order chi connectivity index (χ0) is 17.2. The van der Waals surface area contributed by atoms with E-state index in [0.29, 0.717) is 11.8 Å². The first-order valence-electron chi connectivity index (χ1n) is 9.61. The summed E-state index contributed by atoms with van der Waals surface area (Å²) in [7, 11) is 0. The molecule has 0 bridgehead atoms. The highest BCUT2D eigenvalue weighted by Gasteiger charge is 2.28. The van der Waals surface area contributed by atoms with Crippen LogP contribution in [0.15, 0.2) is 46.1 Å². The monoisotopic (exact) mass is 353 g/mol. The molecular formula is C22H27NOS. The zero-order valence-electron chi connectivity index (χ0n) is 15.0. The lowest BCUT2D eigenvalue weighted by molar-refractivity contribution is 0.468. The van der Waals surface area contributed by atoms with E-state index >= 15 is 0 Å². The molecule has 0 amide bonds. The van der Waals surface area contributed by atoms with E-state index in [-0.39, 0.29) is 5.56 Å². The predicted octanol–water partition coefficient (Wildman–Crippen LogP) is 5.69. The minimum absolute atomic E-state index is 0.136. The van der Waals surface area contributed by atoms with E-state index in [1.54, 1.807) is 11.8 Å². The molecule has 1 aromatic carbocycles. The summed E-state index contributed by atoms with van der Waals surface area (Å²) in [4.78, 5) is 17.1. The Bertz CT molecular complexity index is 769. The number of hydrogen-bond acceptors (Lipinski definition) is 2. The Kier molecular flexibility index (Phi) is 5.03. The van der Waals surface area contributed by atoms with Gasteiger partial charge in [-0.3, -0.25) is 4.79 Å². The van der Waals surface area contributed by atoms with Crippen LogP contribution < -0.4 is 5.56 Å². The molecule has 25 heavy (non-hydrogen) atoms. The first-order chi connectivity index (χ1) is 12.2. The maximum Gasteiger partial charge on any atom is 0.251 e. The molecule has 1 atom stereocenters. The molecule has 0 aliphatic heterocycles. The van der Waals surface area contributed by atoms with Crippen LogP contribution in [0, 0.1) is 5.92 Å². The highest BCUT2D eigenvalue weighted by atomic mass is 32.2. The summed E-state index contributed by atoms with van der Waals surface area (Å²) < 4.78 is 0. The third-order valence-electron chi connectivity index (χ3n) is 5.92. The van der Waals surface area contributed by atoms with Crippen molar-refractivity contribution in [1.29, 1.82) is 0 Å².